The van der Waals surface area contributed by atoms with Crippen LogP contribution in [0.5, 0.6) is 0 Å². The number of hydrogen-bond donors (Lipinski definition) is 2. The molecule has 0 bridgehead atoms. The Hall–Kier alpha value is -3.75. The van der Waals surface area contributed by atoms with Gasteiger partial charge in [0.25, 0.3) is 11.1 Å². The smallest absolute Gasteiger partial charge is 0.273 e. The average molecular weight is 378 g/mol. The highest BCUT2D eigenvalue weighted by atomic mass is 16.2. The van der Waals surface area contributed by atoms with Gasteiger partial charge in [0.1, 0.15) is 0 Å². The quantitative estimate of drug-likeness (QED) is 0.538. The highest BCUT2D eigenvalue weighted by Gasteiger charge is 2.16. The van der Waals surface area contributed by atoms with Crippen LogP contribution in [0.2, 0.25) is 0 Å². The van der Waals surface area contributed by atoms with Crippen LogP contribution in [0.4, 0.5) is 0 Å². The molecular weight excluding hydrogens is 360 g/mol. The zero-order valence-electron chi connectivity index (χ0n) is 15.1. The summed E-state index contributed by atoms with van der Waals surface area (Å²) in [6.45, 7) is 1.88. The summed E-state index contributed by atoms with van der Waals surface area (Å²) in [6.07, 6.45) is 1.86. The molecule has 0 saturated carbocycles. The van der Waals surface area contributed by atoms with Crippen molar-refractivity contribution in [2.45, 2.75) is 25.9 Å². The minimum absolute atomic E-state index is 0.0370. The van der Waals surface area contributed by atoms with E-state index in [1.807, 2.05) is 31.3 Å². The number of nitrogens with one attached hydrogen (secondary N) is 2. The van der Waals surface area contributed by atoms with Crippen LogP contribution in [0.15, 0.2) is 58.3 Å². The number of H-pyrrole nitrogens is 1. The first-order valence-corrected chi connectivity index (χ1v) is 8.85. The molecule has 0 aliphatic rings. The minimum atomic E-state index is -0.364. The third-order valence-corrected chi connectivity index (χ3v) is 4.55. The van der Waals surface area contributed by atoms with E-state index < -0.39 is 0 Å². The Balaban J connectivity index is 1.48. The highest BCUT2D eigenvalue weighted by molar-refractivity contribution is 5.80. The lowest BCUT2D eigenvalue weighted by molar-refractivity contribution is -0.122. The van der Waals surface area contributed by atoms with Gasteiger partial charge < -0.3 is 5.32 Å². The zero-order valence-corrected chi connectivity index (χ0v) is 15.1. The van der Waals surface area contributed by atoms with Crippen molar-refractivity contribution in [3.8, 4) is 0 Å². The molecule has 3 heterocycles. The molecule has 0 radical (unpaired) electrons. The minimum Gasteiger partial charge on any atom is -0.346 e. The van der Waals surface area contributed by atoms with Crippen LogP contribution in [0, 0.1) is 0 Å². The van der Waals surface area contributed by atoms with E-state index in [1.54, 1.807) is 28.7 Å². The van der Waals surface area contributed by atoms with E-state index in [9.17, 15) is 14.4 Å². The topological polar surface area (TPSA) is 114 Å². The van der Waals surface area contributed by atoms with E-state index in [0.29, 0.717) is 22.2 Å². The molecule has 4 rings (SSSR count). The van der Waals surface area contributed by atoms with Gasteiger partial charge in [-0.15, -0.1) is 10.2 Å². The van der Waals surface area contributed by atoms with Gasteiger partial charge >= 0.3 is 0 Å². The maximum Gasteiger partial charge on any atom is 0.273 e. The molecule has 9 nitrogen and oxygen atoms in total. The van der Waals surface area contributed by atoms with Crippen LogP contribution in [-0.4, -0.2) is 30.3 Å². The summed E-state index contributed by atoms with van der Waals surface area (Å²) >= 11 is 0. The number of carbonyl (C=O) groups excluding carboxylic acids is 1. The standard InChI is InChI=1S/C19H18N6O3/c1-12(17-22-21-15-8-4-5-10-24(15)17)20-16(26)9-11-25-19(28)14-7-3-2-6-13(14)18(27)23-25/h2-8,10,12H,9,11H2,1H3,(H,20,26)(H,23,27). The van der Waals surface area contributed by atoms with Crippen LogP contribution in [0.3, 0.4) is 0 Å². The van der Waals surface area contributed by atoms with Gasteiger partial charge in [0, 0.05) is 12.6 Å². The Labute approximate surface area is 158 Å². The second-order valence-electron chi connectivity index (χ2n) is 6.47. The first-order valence-electron chi connectivity index (χ1n) is 8.85. The molecule has 3 aromatic heterocycles. The lowest BCUT2D eigenvalue weighted by atomic mass is 10.2. The summed E-state index contributed by atoms with van der Waals surface area (Å²) in [4.78, 5) is 37.0. The third kappa shape index (κ3) is 3.18. The van der Waals surface area contributed by atoms with E-state index in [2.05, 4.69) is 20.6 Å². The number of pyridine rings is 1. The first-order chi connectivity index (χ1) is 13.5. The van der Waals surface area contributed by atoms with Gasteiger partial charge in [-0.1, -0.05) is 18.2 Å². The average Bonchev–Trinajstić information content (AvgIpc) is 3.14. The summed E-state index contributed by atoms with van der Waals surface area (Å²) in [5.74, 6) is 0.348. The van der Waals surface area contributed by atoms with Crippen molar-refractivity contribution < 1.29 is 4.79 Å². The van der Waals surface area contributed by atoms with Gasteiger partial charge in [0.15, 0.2) is 11.5 Å². The molecule has 0 aliphatic heterocycles. The molecule has 1 unspecified atom stereocenters. The number of amides is 1. The molecule has 0 fully saturated rings. The van der Waals surface area contributed by atoms with E-state index in [0.717, 1.165) is 0 Å². The van der Waals surface area contributed by atoms with Crippen molar-refractivity contribution in [2.24, 2.45) is 0 Å². The molecule has 0 saturated heterocycles. The van der Waals surface area contributed by atoms with Crippen molar-refractivity contribution in [3.63, 3.8) is 0 Å². The van der Waals surface area contributed by atoms with Gasteiger partial charge in [-0.25, -0.2) is 4.68 Å². The van der Waals surface area contributed by atoms with E-state index >= 15 is 0 Å². The monoisotopic (exact) mass is 378 g/mol. The third-order valence-electron chi connectivity index (χ3n) is 4.55. The fraction of sp³-hybridized carbons (Fsp3) is 0.211. The highest BCUT2D eigenvalue weighted by Crippen LogP contribution is 2.11. The Morgan fingerprint density at radius 1 is 1.11 bits per heavy atom. The van der Waals surface area contributed by atoms with Gasteiger partial charge in [0.2, 0.25) is 5.91 Å². The van der Waals surface area contributed by atoms with Crippen LogP contribution >= 0.6 is 0 Å². The number of fused-ring (bicyclic) bond motifs is 2. The van der Waals surface area contributed by atoms with Crippen LogP contribution in [-0.2, 0) is 11.3 Å². The maximum absolute atomic E-state index is 12.5. The Kier molecular flexibility index (Phi) is 4.48. The number of hydrogen-bond acceptors (Lipinski definition) is 5. The molecule has 9 heteroatoms. The number of aryl methyl sites for hydroxylation is 1. The summed E-state index contributed by atoms with van der Waals surface area (Å²) < 4.78 is 2.97. The summed E-state index contributed by atoms with van der Waals surface area (Å²) in [5.41, 5.74) is -0.00250. The van der Waals surface area contributed by atoms with Gasteiger partial charge in [-0.2, -0.15) is 0 Å². The normalized spacial score (nSPS) is 12.3. The summed E-state index contributed by atoms with van der Waals surface area (Å²) in [6, 6.07) is 11.8. The van der Waals surface area contributed by atoms with Gasteiger partial charge in [0.05, 0.1) is 23.4 Å². The maximum atomic E-state index is 12.5. The second-order valence-corrected chi connectivity index (χ2v) is 6.47. The molecule has 4 aromatic rings. The van der Waals surface area contributed by atoms with Crippen molar-refractivity contribution in [3.05, 3.63) is 75.2 Å². The SMILES string of the molecule is CC(NC(=O)CCn1[nH]c(=O)c2ccccc2c1=O)c1nnc2ccccn12. The molecule has 1 atom stereocenters. The van der Waals surface area contributed by atoms with E-state index in [1.165, 1.54) is 4.68 Å². The molecule has 1 aromatic carbocycles. The number of aromatic amines is 1. The number of rotatable bonds is 5. The lowest BCUT2D eigenvalue weighted by Gasteiger charge is -2.13. The van der Waals surface area contributed by atoms with E-state index in [-0.39, 0.29) is 36.0 Å². The van der Waals surface area contributed by atoms with Gasteiger partial charge in [-0.3, -0.25) is 23.9 Å². The lowest BCUT2D eigenvalue weighted by Crippen LogP contribution is -2.33. The van der Waals surface area contributed by atoms with Crippen LogP contribution in [0.1, 0.15) is 25.2 Å². The molecular formula is C19H18N6O3. The molecule has 142 valence electrons. The van der Waals surface area contributed by atoms with E-state index in [4.69, 9.17) is 0 Å². The number of carbonyl (C=O) groups is 1. The largest absolute Gasteiger partial charge is 0.346 e. The van der Waals surface area contributed by atoms with Crippen molar-refractivity contribution >= 4 is 22.3 Å². The van der Waals surface area contributed by atoms with Gasteiger partial charge in [-0.05, 0) is 31.2 Å². The number of aromatic nitrogens is 5. The van der Waals surface area contributed by atoms with Crippen molar-refractivity contribution in [2.75, 3.05) is 0 Å². The summed E-state index contributed by atoms with van der Waals surface area (Å²) in [7, 11) is 0. The molecule has 1 amide bonds. The Bertz CT molecular complexity index is 1290. The summed E-state index contributed by atoms with van der Waals surface area (Å²) in [5, 5.41) is 14.2. The molecule has 28 heavy (non-hydrogen) atoms. The fourth-order valence-corrected chi connectivity index (χ4v) is 3.15. The fourth-order valence-electron chi connectivity index (χ4n) is 3.15. The van der Waals surface area contributed by atoms with Crippen molar-refractivity contribution in [1.82, 2.24) is 29.7 Å². The first kappa shape index (κ1) is 17.7. The molecule has 2 N–H and O–H groups in total. The molecule has 0 aliphatic carbocycles. The predicted octanol–water partition coefficient (Wildman–Crippen LogP) is 1.000. The van der Waals surface area contributed by atoms with Crippen LogP contribution in [0.25, 0.3) is 16.4 Å². The van der Waals surface area contributed by atoms with Crippen LogP contribution < -0.4 is 16.4 Å². The predicted molar refractivity (Wildman–Crippen MR) is 103 cm³/mol. The zero-order chi connectivity index (χ0) is 19.7. The second kappa shape index (κ2) is 7.10. The number of nitrogens with zero attached hydrogens (tertiary/aromatic N) is 4. The Morgan fingerprint density at radius 2 is 1.86 bits per heavy atom. The molecule has 0 spiro atoms. The van der Waals surface area contributed by atoms with Crippen molar-refractivity contribution in [1.29, 1.82) is 0 Å². The number of benzene rings is 1. The Morgan fingerprint density at radius 3 is 2.68 bits per heavy atom.